The Hall–Kier alpha value is -0.650. The van der Waals surface area contributed by atoms with Gasteiger partial charge in [0.25, 0.3) is 0 Å². The summed E-state index contributed by atoms with van der Waals surface area (Å²) in [6, 6.07) is 0. The molecule has 0 aromatic carbocycles. The van der Waals surface area contributed by atoms with Crippen molar-refractivity contribution in [1.29, 1.82) is 0 Å². The zero-order chi connectivity index (χ0) is 11.3. The molecule has 0 amide bonds. The van der Waals surface area contributed by atoms with Gasteiger partial charge in [-0.1, -0.05) is 0 Å². The lowest BCUT2D eigenvalue weighted by Crippen LogP contribution is -2.41. The molecule has 1 heterocycles. The van der Waals surface area contributed by atoms with Crippen molar-refractivity contribution in [2.24, 2.45) is 0 Å². The van der Waals surface area contributed by atoms with Gasteiger partial charge in [0, 0.05) is 26.7 Å². The third-order valence-electron chi connectivity index (χ3n) is 2.75. The Morgan fingerprint density at radius 3 is 2.60 bits per heavy atom. The van der Waals surface area contributed by atoms with E-state index in [1.165, 1.54) is 0 Å². The summed E-state index contributed by atoms with van der Waals surface area (Å²) in [7, 11) is 1.71. The SMILES string of the molecule is COC1CCN(CC(O)CC(=O)O)CC1. The largest absolute Gasteiger partial charge is 0.481 e. The van der Waals surface area contributed by atoms with Crippen LogP contribution in [-0.4, -0.2) is 60.0 Å². The molecular formula is C10H19NO4. The number of piperidine rings is 1. The summed E-state index contributed by atoms with van der Waals surface area (Å²) in [5.41, 5.74) is 0. The van der Waals surface area contributed by atoms with Gasteiger partial charge in [0.15, 0.2) is 0 Å². The number of β-amino-alcohol motifs (C(OH)–C–C–N with tert-alkyl or cyclic N) is 1. The molecule has 1 saturated heterocycles. The van der Waals surface area contributed by atoms with Crippen molar-refractivity contribution >= 4 is 5.97 Å². The molecule has 0 saturated carbocycles. The number of ether oxygens (including phenoxy) is 1. The van der Waals surface area contributed by atoms with Crippen molar-refractivity contribution in [2.45, 2.75) is 31.5 Å². The molecule has 1 fully saturated rings. The van der Waals surface area contributed by atoms with Crippen LogP contribution in [0.5, 0.6) is 0 Å². The Labute approximate surface area is 89.6 Å². The van der Waals surface area contributed by atoms with E-state index < -0.39 is 12.1 Å². The first kappa shape index (κ1) is 12.4. The number of methoxy groups -OCH3 is 1. The molecule has 0 radical (unpaired) electrons. The molecule has 88 valence electrons. The van der Waals surface area contributed by atoms with Gasteiger partial charge in [0.2, 0.25) is 0 Å². The van der Waals surface area contributed by atoms with Crippen LogP contribution in [0.4, 0.5) is 0 Å². The summed E-state index contributed by atoms with van der Waals surface area (Å²) in [5, 5.41) is 17.9. The van der Waals surface area contributed by atoms with E-state index in [2.05, 4.69) is 4.90 Å². The summed E-state index contributed by atoms with van der Waals surface area (Å²) in [5.74, 6) is -0.950. The van der Waals surface area contributed by atoms with E-state index in [9.17, 15) is 9.90 Å². The van der Waals surface area contributed by atoms with Gasteiger partial charge >= 0.3 is 5.97 Å². The van der Waals surface area contributed by atoms with Gasteiger partial charge in [-0.3, -0.25) is 4.79 Å². The highest BCUT2D eigenvalue weighted by molar-refractivity contribution is 5.67. The van der Waals surface area contributed by atoms with Gasteiger partial charge in [0.05, 0.1) is 18.6 Å². The molecule has 1 aliphatic heterocycles. The second-order valence-electron chi connectivity index (χ2n) is 3.99. The number of carbonyl (C=O) groups is 1. The van der Waals surface area contributed by atoms with Crippen LogP contribution in [0.25, 0.3) is 0 Å². The van der Waals surface area contributed by atoms with Crippen molar-refractivity contribution < 1.29 is 19.7 Å². The lowest BCUT2D eigenvalue weighted by Gasteiger charge is -2.32. The van der Waals surface area contributed by atoms with E-state index >= 15 is 0 Å². The lowest BCUT2D eigenvalue weighted by molar-refractivity contribution is -0.139. The average Bonchev–Trinajstić information content (AvgIpc) is 2.17. The average molecular weight is 217 g/mol. The van der Waals surface area contributed by atoms with Crippen LogP contribution in [0, 0.1) is 0 Å². The third-order valence-corrected chi connectivity index (χ3v) is 2.75. The van der Waals surface area contributed by atoms with Crippen molar-refractivity contribution in [3.05, 3.63) is 0 Å². The fourth-order valence-electron chi connectivity index (χ4n) is 1.89. The number of aliphatic hydroxyl groups excluding tert-OH is 1. The molecule has 0 aromatic rings. The Balaban J connectivity index is 2.20. The minimum Gasteiger partial charge on any atom is -0.481 e. The van der Waals surface area contributed by atoms with E-state index in [-0.39, 0.29) is 6.42 Å². The van der Waals surface area contributed by atoms with Gasteiger partial charge in [-0.05, 0) is 12.8 Å². The number of rotatable bonds is 5. The molecule has 0 bridgehead atoms. The van der Waals surface area contributed by atoms with Crippen molar-refractivity contribution in [3.8, 4) is 0 Å². The first-order valence-corrected chi connectivity index (χ1v) is 5.27. The summed E-state index contributed by atoms with van der Waals surface area (Å²) in [4.78, 5) is 12.4. The highest BCUT2D eigenvalue weighted by Gasteiger charge is 2.21. The number of aliphatic hydroxyl groups is 1. The van der Waals surface area contributed by atoms with Gasteiger partial charge in [-0.25, -0.2) is 0 Å². The predicted molar refractivity (Wildman–Crippen MR) is 54.7 cm³/mol. The second kappa shape index (κ2) is 6.05. The fourth-order valence-corrected chi connectivity index (χ4v) is 1.89. The van der Waals surface area contributed by atoms with Crippen LogP contribution in [0.15, 0.2) is 0 Å². The maximum absolute atomic E-state index is 10.4. The lowest BCUT2D eigenvalue weighted by atomic mass is 10.1. The van der Waals surface area contributed by atoms with E-state index in [0.717, 1.165) is 25.9 Å². The summed E-state index contributed by atoms with van der Waals surface area (Å²) >= 11 is 0. The summed E-state index contributed by atoms with van der Waals surface area (Å²) in [6.07, 6.45) is 1.29. The molecule has 15 heavy (non-hydrogen) atoms. The monoisotopic (exact) mass is 217 g/mol. The molecular weight excluding hydrogens is 198 g/mol. The molecule has 1 unspecified atom stereocenters. The quantitative estimate of drug-likeness (QED) is 0.674. The smallest absolute Gasteiger partial charge is 0.306 e. The Morgan fingerprint density at radius 1 is 1.53 bits per heavy atom. The standard InChI is InChI=1S/C10H19NO4/c1-15-9-2-4-11(5-3-9)7-8(12)6-10(13)14/h8-9,12H,2-7H2,1H3,(H,13,14). The molecule has 5 heteroatoms. The van der Waals surface area contributed by atoms with E-state index in [1.807, 2.05) is 0 Å². The van der Waals surface area contributed by atoms with Crippen molar-refractivity contribution in [2.75, 3.05) is 26.7 Å². The maximum atomic E-state index is 10.4. The van der Waals surface area contributed by atoms with Crippen LogP contribution in [0.1, 0.15) is 19.3 Å². The highest BCUT2D eigenvalue weighted by Crippen LogP contribution is 2.13. The number of carboxylic acids is 1. The van der Waals surface area contributed by atoms with Crippen LogP contribution >= 0.6 is 0 Å². The molecule has 0 spiro atoms. The normalized spacial score (nSPS) is 21.5. The van der Waals surface area contributed by atoms with E-state index in [4.69, 9.17) is 9.84 Å². The fraction of sp³-hybridized carbons (Fsp3) is 0.900. The van der Waals surface area contributed by atoms with Crippen LogP contribution in [0.2, 0.25) is 0 Å². The minimum atomic E-state index is -0.950. The first-order chi connectivity index (χ1) is 7.11. The van der Waals surface area contributed by atoms with Gasteiger partial charge in [0.1, 0.15) is 0 Å². The number of hydrogen-bond acceptors (Lipinski definition) is 4. The summed E-state index contributed by atoms with van der Waals surface area (Å²) in [6.45, 7) is 2.19. The molecule has 2 N–H and O–H groups in total. The van der Waals surface area contributed by atoms with Gasteiger partial charge in [-0.15, -0.1) is 0 Å². The van der Waals surface area contributed by atoms with Crippen LogP contribution in [0.3, 0.4) is 0 Å². The van der Waals surface area contributed by atoms with Crippen LogP contribution < -0.4 is 0 Å². The number of carboxylic acid groups (broad SMARTS) is 1. The molecule has 1 aliphatic rings. The molecule has 0 aliphatic carbocycles. The van der Waals surface area contributed by atoms with E-state index in [1.54, 1.807) is 7.11 Å². The van der Waals surface area contributed by atoms with Crippen LogP contribution in [-0.2, 0) is 9.53 Å². The third kappa shape index (κ3) is 4.59. The number of likely N-dealkylation sites (tertiary alicyclic amines) is 1. The molecule has 0 aromatic heterocycles. The molecule has 1 rings (SSSR count). The van der Waals surface area contributed by atoms with Crippen molar-refractivity contribution in [3.63, 3.8) is 0 Å². The predicted octanol–water partition coefficient (Wildman–Crippen LogP) is -0.0672. The van der Waals surface area contributed by atoms with Crippen molar-refractivity contribution in [1.82, 2.24) is 4.90 Å². The summed E-state index contributed by atoms with van der Waals surface area (Å²) < 4.78 is 5.23. The Kier molecular flexibility index (Phi) is 5.01. The van der Waals surface area contributed by atoms with E-state index in [0.29, 0.717) is 12.6 Å². The highest BCUT2D eigenvalue weighted by atomic mass is 16.5. The zero-order valence-electron chi connectivity index (χ0n) is 9.06. The number of hydrogen-bond donors (Lipinski definition) is 2. The first-order valence-electron chi connectivity index (χ1n) is 5.27. The number of aliphatic carboxylic acids is 1. The topological polar surface area (TPSA) is 70.0 Å². The number of nitrogens with zero attached hydrogens (tertiary/aromatic N) is 1. The van der Waals surface area contributed by atoms with Gasteiger partial charge in [-0.2, -0.15) is 0 Å². The minimum absolute atomic E-state index is 0.176. The van der Waals surface area contributed by atoms with Gasteiger partial charge < -0.3 is 19.8 Å². The molecule has 5 nitrogen and oxygen atoms in total. The Morgan fingerprint density at radius 2 is 2.13 bits per heavy atom. The second-order valence-corrected chi connectivity index (χ2v) is 3.99. The Bertz CT molecular complexity index is 202. The zero-order valence-corrected chi connectivity index (χ0v) is 9.06. The molecule has 1 atom stereocenters. The maximum Gasteiger partial charge on any atom is 0.306 e.